The molecule has 0 atom stereocenters. The SMILES string of the molecule is CCCCCC[NH+]1C=CC=C1.O=S(=O)([O-])C(F)(F)F. The summed E-state index contributed by atoms with van der Waals surface area (Å²) in [4.78, 5) is 1.50. The number of rotatable bonds is 5. The third kappa shape index (κ3) is 8.79. The molecule has 0 aliphatic carbocycles. The Kier molecular flexibility index (Phi) is 7.96. The molecular formula is C11H18F3NO3S. The van der Waals surface area contributed by atoms with Crippen molar-refractivity contribution in [3.8, 4) is 0 Å². The van der Waals surface area contributed by atoms with Crippen LogP contribution in [0.2, 0.25) is 0 Å². The quantitative estimate of drug-likeness (QED) is 0.476. The number of allylic oxidation sites excluding steroid dienone is 2. The lowest BCUT2D eigenvalue weighted by Gasteiger charge is -2.08. The van der Waals surface area contributed by atoms with Crippen LogP contribution in [0.15, 0.2) is 24.6 Å². The van der Waals surface area contributed by atoms with Crippen molar-refractivity contribution < 1.29 is 31.0 Å². The van der Waals surface area contributed by atoms with Gasteiger partial charge >= 0.3 is 5.51 Å². The second kappa shape index (κ2) is 8.34. The van der Waals surface area contributed by atoms with Crippen molar-refractivity contribution in [2.24, 2.45) is 0 Å². The van der Waals surface area contributed by atoms with Crippen molar-refractivity contribution in [3.05, 3.63) is 24.6 Å². The maximum absolute atomic E-state index is 10.7. The highest BCUT2D eigenvalue weighted by Crippen LogP contribution is 2.20. The monoisotopic (exact) mass is 301 g/mol. The van der Waals surface area contributed by atoms with Crippen molar-refractivity contribution in [1.29, 1.82) is 0 Å². The van der Waals surface area contributed by atoms with E-state index in [1.54, 1.807) is 0 Å². The number of unbranched alkanes of at least 4 members (excludes halogenated alkanes) is 3. The van der Waals surface area contributed by atoms with Crippen LogP contribution in [0.25, 0.3) is 0 Å². The van der Waals surface area contributed by atoms with E-state index >= 15 is 0 Å². The second-order valence-electron chi connectivity index (χ2n) is 4.00. The maximum Gasteiger partial charge on any atom is 0.485 e. The van der Waals surface area contributed by atoms with E-state index in [9.17, 15) is 13.2 Å². The summed E-state index contributed by atoms with van der Waals surface area (Å²) in [6.07, 6.45) is 14.1. The molecule has 1 N–H and O–H groups in total. The van der Waals surface area contributed by atoms with Crippen molar-refractivity contribution in [3.63, 3.8) is 0 Å². The predicted molar refractivity (Wildman–Crippen MR) is 64.0 cm³/mol. The minimum absolute atomic E-state index is 1.27. The number of nitrogens with one attached hydrogen (secondary N) is 1. The van der Waals surface area contributed by atoms with Gasteiger partial charge in [0.2, 0.25) is 0 Å². The Morgan fingerprint density at radius 3 is 1.95 bits per heavy atom. The molecule has 0 aromatic rings. The Bertz CT molecular complexity index is 390. The molecule has 0 fully saturated rings. The highest BCUT2D eigenvalue weighted by atomic mass is 32.2. The average molecular weight is 301 g/mol. The van der Waals surface area contributed by atoms with Gasteiger partial charge in [0.05, 0.1) is 18.9 Å². The summed E-state index contributed by atoms with van der Waals surface area (Å²) in [5, 5.41) is 0. The summed E-state index contributed by atoms with van der Waals surface area (Å²) in [5.41, 5.74) is -5.65. The van der Waals surface area contributed by atoms with Gasteiger partial charge in [0.15, 0.2) is 10.1 Å². The van der Waals surface area contributed by atoms with E-state index in [1.165, 1.54) is 37.1 Å². The van der Waals surface area contributed by atoms with E-state index in [0.717, 1.165) is 0 Å². The van der Waals surface area contributed by atoms with Crippen LogP contribution < -0.4 is 4.90 Å². The molecule has 19 heavy (non-hydrogen) atoms. The summed E-state index contributed by atoms with van der Waals surface area (Å²) < 4.78 is 58.9. The van der Waals surface area contributed by atoms with E-state index in [0.29, 0.717) is 0 Å². The van der Waals surface area contributed by atoms with Gasteiger partial charge < -0.3 is 4.55 Å². The molecule has 1 rings (SSSR count). The lowest BCUT2D eigenvalue weighted by atomic mass is 10.2. The topological polar surface area (TPSA) is 61.6 Å². The Morgan fingerprint density at radius 1 is 1.11 bits per heavy atom. The molecule has 0 bridgehead atoms. The van der Waals surface area contributed by atoms with Crippen LogP contribution in [0.4, 0.5) is 13.2 Å². The molecule has 0 aromatic carbocycles. The molecular weight excluding hydrogens is 283 g/mol. The van der Waals surface area contributed by atoms with Gasteiger partial charge in [0.25, 0.3) is 0 Å². The van der Waals surface area contributed by atoms with E-state index in [1.807, 2.05) is 0 Å². The zero-order valence-corrected chi connectivity index (χ0v) is 11.4. The Balaban J connectivity index is 0.000000362. The summed E-state index contributed by atoms with van der Waals surface area (Å²) in [6, 6.07) is 0. The molecule has 0 aromatic heterocycles. The molecule has 4 nitrogen and oxygen atoms in total. The fourth-order valence-corrected chi connectivity index (χ4v) is 1.34. The van der Waals surface area contributed by atoms with Crippen LogP contribution in [0, 0.1) is 0 Å². The first-order valence-corrected chi connectivity index (χ1v) is 7.32. The van der Waals surface area contributed by atoms with Gasteiger partial charge in [-0.15, -0.1) is 0 Å². The zero-order valence-electron chi connectivity index (χ0n) is 10.6. The lowest BCUT2D eigenvalue weighted by molar-refractivity contribution is -0.787. The fourth-order valence-electron chi connectivity index (χ4n) is 1.34. The second-order valence-corrected chi connectivity index (χ2v) is 5.37. The van der Waals surface area contributed by atoms with E-state index < -0.39 is 15.6 Å². The van der Waals surface area contributed by atoms with E-state index in [4.69, 9.17) is 13.0 Å². The maximum atomic E-state index is 10.7. The van der Waals surface area contributed by atoms with Gasteiger partial charge in [0.1, 0.15) is 0 Å². The van der Waals surface area contributed by atoms with Crippen LogP contribution in [-0.4, -0.2) is 25.0 Å². The van der Waals surface area contributed by atoms with Gasteiger partial charge in [-0.2, -0.15) is 13.2 Å². The van der Waals surface area contributed by atoms with Crippen LogP contribution >= 0.6 is 0 Å². The molecule has 8 heteroatoms. The first kappa shape index (κ1) is 18.1. The summed E-state index contributed by atoms with van der Waals surface area (Å²) >= 11 is 0. The molecule has 0 saturated carbocycles. The van der Waals surface area contributed by atoms with E-state index in [-0.39, 0.29) is 0 Å². The minimum atomic E-state index is -6.09. The Labute approximate surface area is 111 Å². The lowest BCUT2D eigenvalue weighted by Crippen LogP contribution is -3.01. The summed E-state index contributed by atoms with van der Waals surface area (Å²) in [5.74, 6) is 0. The molecule has 0 unspecified atom stereocenters. The molecule has 0 amide bonds. The Morgan fingerprint density at radius 2 is 1.58 bits per heavy atom. The summed E-state index contributed by atoms with van der Waals surface area (Å²) in [6.45, 7) is 3.52. The Hall–Kier alpha value is -0.860. The molecule has 1 aliphatic rings. The van der Waals surface area contributed by atoms with Gasteiger partial charge in [-0.25, -0.2) is 8.42 Å². The van der Waals surface area contributed by atoms with Crippen molar-refractivity contribution >= 4 is 10.1 Å². The van der Waals surface area contributed by atoms with Crippen molar-refractivity contribution in [2.45, 2.75) is 38.1 Å². The number of halogens is 3. The third-order valence-corrected chi connectivity index (χ3v) is 2.90. The normalized spacial score (nSPS) is 15.4. The fraction of sp³-hybridized carbons (Fsp3) is 0.636. The molecule has 0 saturated heterocycles. The standard InChI is InChI=1S/C10H17N.CHF3O3S/c1-2-3-4-5-8-11-9-6-7-10-11;2-1(3,4)8(5,6)7/h6-7,9-10H,2-5,8H2,1H3;(H,5,6,7). The third-order valence-electron chi connectivity index (χ3n) is 2.33. The molecule has 112 valence electrons. The van der Waals surface area contributed by atoms with Crippen LogP contribution in [0.1, 0.15) is 32.6 Å². The predicted octanol–water partition coefficient (Wildman–Crippen LogP) is 1.54. The van der Waals surface area contributed by atoms with Gasteiger partial charge in [-0.05, 0) is 25.0 Å². The van der Waals surface area contributed by atoms with Gasteiger partial charge in [-0.3, -0.25) is 4.90 Å². The largest absolute Gasteiger partial charge is 0.741 e. The van der Waals surface area contributed by atoms with Crippen LogP contribution in [0.5, 0.6) is 0 Å². The number of hydrogen-bond acceptors (Lipinski definition) is 3. The molecule has 0 radical (unpaired) electrons. The highest BCUT2D eigenvalue weighted by molar-refractivity contribution is 7.86. The number of hydrogen-bond donors (Lipinski definition) is 1. The molecule has 0 spiro atoms. The first-order chi connectivity index (χ1) is 8.68. The van der Waals surface area contributed by atoms with Crippen LogP contribution in [-0.2, 0) is 10.1 Å². The smallest absolute Gasteiger partial charge is 0.485 e. The number of alkyl halides is 3. The first-order valence-electron chi connectivity index (χ1n) is 5.91. The van der Waals surface area contributed by atoms with Crippen LogP contribution in [0.3, 0.4) is 0 Å². The van der Waals surface area contributed by atoms with Gasteiger partial charge in [0, 0.05) is 0 Å². The number of quaternary nitrogens is 1. The minimum Gasteiger partial charge on any atom is -0.741 e. The average Bonchev–Trinajstić information content (AvgIpc) is 2.75. The molecule has 1 heterocycles. The zero-order chi connectivity index (χ0) is 14.9. The molecule has 1 aliphatic heterocycles. The van der Waals surface area contributed by atoms with Crippen molar-refractivity contribution in [1.82, 2.24) is 0 Å². The summed E-state index contributed by atoms with van der Waals surface area (Å²) in [7, 11) is -6.09. The van der Waals surface area contributed by atoms with Crippen molar-refractivity contribution in [2.75, 3.05) is 6.54 Å². The van der Waals surface area contributed by atoms with E-state index in [2.05, 4.69) is 31.5 Å². The van der Waals surface area contributed by atoms with Gasteiger partial charge in [-0.1, -0.05) is 19.8 Å². The highest BCUT2D eigenvalue weighted by Gasteiger charge is 2.36.